The summed E-state index contributed by atoms with van der Waals surface area (Å²) >= 11 is 0. The molecular formula is C12H15FN2O2. The molecule has 2 rings (SSSR count). The molecule has 1 aliphatic rings. The highest BCUT2D eigenvalue weighted by Crippen LogP contribution is 2.16. The molecule has 1 aromatic carbocycles. The van der Waals surface area contributed by atoms with Gasteiger partial charge in [-0.1, -0.05) is 0 Å². The summed E-state index contributed by atoms with van der Waals surface area (Å²) in [5, 5.41) is 5.92. The van der Waals surface area contributed by atoms with Gasteiger partial charge in [0.15, 0.2) is 0 Å². The fraction of sp³-hybridized carbons (Fsp3) is 0.417. The van der Waals surface area contributed by atoms with Crippen molar-refractivity contribution in [1.29, 1.82) is 0 Å². The minimum absolute atomic E-state index is 0.0534. The summed E-state index contributed by atoms with van der Waals surface area (Å²) in [7, 11) is 1.46. The van der Waals surface area contributed by atoms with E-state index < -0.39 is 5.82 Å². The van der Waals surface area contributed by atoms with E-state index in [1.165, 1.54) is 19.2 Å². The van der Waals surface area contributed by atoms with E-state index in [4.69, 9.17) is 4.74 Å². The van der Waals surface area contributed by atoms with Crippen molar-refractivity contribution in [2.24, 2.45) is 0 Å². The third-order valence-electron chi connectivity index (χ3n) is 2.82. The van der Waals surface area contributed by atoms with Crippen LogP contribution in [0.4, 0.5) is 4.39 Å². The van der Waals surface area contributed by atoms with Crippen molar-refractivity contribution in [3.05, 3.63) is 29.6 Å². The van der Waals surface area contributed by atoms with Crippen molar-refractivity contribution in [2.75, 3.05) is 20.2 Å². The van der Waals surface area contributed by atoms with Gasteiger partial charge in [-0.2, -0.15) is 0 Å². The van der Waals surface area contributed by atoms with E-state index in [9.17, 15) is 9.18 Å². The third kappa shape index (κ3) is 2.74. The van der Waals surface area contributed by atoms with Gasteiger partial charge in [-0.15, -0.1) is 0 Å². The average molecular weight is 238 g/mol. The van der Waals surface area contributed by atoms with Gasteiger partial charge in [0, 0.05) is 18.7 Å². The van der Waals surface area contributed by atoms with Crippen LogP contribution in [0, 0.1) is 5.82 Å². The zero-order chi connectivity index (χ0) is 12.3. The number of hydrogen-bond donors (Lipinski definition) is 2. The zero-order valence-corrected chi connectivity index (χ0v) is 9.63. The van der Waals surface area contributed by atoms with Crippen LogP contribution in [-0.2, 0) is 0 Å². The lowest BCUT2D eigenvalue weighted by atomic mass is 10.1. The summed E-state index contributed by atoms with van der Waals surface area (Å²) in [6, 6.07) is 4.31. The van der Waals surface area contributed by atoms with Crippen LogP contribution in [0.1, 0.15) is 16.8 Å². The zero-order valence-electron chi connectivity index (χ0n) is 9.63. The molecule has 0 bridgehead atoms. The Labute approximate surface area is 99.2 Å². The molecule has 4 nitrogen and oxygen atoms in total. The third-order valence-corrected chi connectivity index (χ3v) is 2.82. The maximum absolute atomic E-state index is 13.6. The van der Waals surface area contributed by atoms with Crippen molar-refractivity contribution in [1.82, 2.24) is 10.6 Å². The molecule has 1 atom stereocenters. The first-order valence-electron chi connectivity index (χ1n) is 5.56. The van der Waals surface area contributed by atoms with Gasteiger partial charge in [0.05, 0.1) is 12.7 Å². The van der Waals surface area contributed by atoms with Crippen LogP contribution < -0.4 is 15.4 Å². The molecule has 1 heterocycles. The van der Waals surface area contributed by atoms with E-state index in [0.717, 1.165) is 19.5 Å². The van der Waals surface area contributed by atoms with Crippen LogP contribution in [-0.4, -0.2) is 32.1 Å². The Balaban J connectivity index is 2.07. The smallest absolute Gasteiger partial charge is 0.254 e. The summed E-state index contributed by atoms with van der Waals surface area (Å²) in [4.78, 5) is 11.8. The SMILES string of the molecule is COc1ccc(C(=O)N[C@H]2CCNC2)c(F)c1. The molecule has 1 amide bonds. The van der Waals surface area contributed by atoms with Crippen LogP contribution >= 0.6 is 0 Å². The van der Waals surface area contributed by atoms with Crippen molar-refractivity contribution < 1.29 is 13.9 Å². The fourth-order valence-electron chi connectivity index (χ4n) is 1.85. The maximum atomic E-state index is 13.6. The number of carbonyl (C=O) groups is 1. The van der Waals surface area contributed by atoms with Gasteiger partial charge in [0.25, 0.3) is 5.91 Å². The number of amides is 1. The lowest BCUT2D eigenvalue weighted by Gasteiger charge is -2.12. The number of nitrogens with one attached hydrogen (secondary N) is 2. The number of rotatable bonds is 3. The van der Waals surface area contributed by atoms with E-state index in [1.807, 2.05) is 0 Å². The second kappa shape index (κ2) is 5.14. The first-order chi connectivity index (χ1) is 8.20. The molecule has 1 fully saturated rings. The Kier molecular flexibility index (Phi) is 3.58. The Morgan fingerprint density at radius 2 is 2.41 bits per heavy atom. The largest absolute Gasteiger partial charge is 0.497 e. The standard InChI is InChI=1S/C12H15FN2O2/c1-17-9-2-3-10(11(13)6-9)12(16)15-8-4-5-14-7-8/h2-3,6,8,14H,4-5,7H2,1H3,(H,15,16)/t8-/m0/s1. The quantitative estimate of drug-likeness (QED) is 0.823. The minimum Gasteiger partial charge on any atom is -0.497 e. The predicted molar refractivity (Wildman–Crippen MR) is 61.7 cm³/mol. The summed E-state index contributed by atoms with van der Waals surface area (Å²) in [5.41, 5.74) is 0.0534. The summed E-state index contributed by atoms with van der Waals surface area (Å²) in [5.74, 6) is -0.534. The van der Waals surface area contributed by atoms with E-state index in [-0.39, 0.29) is 17.5 Å². The summed E-state index contributed by atoms with van der Waals surface area (Å²) in [6.45, 7) is 1.62. The highest BCUT2D eigenvalue weighted by atomic mass is 19.1. The normalized spacial score (nSPS) is 19.1. The molecule has 0 radical (unpaired) electrons. The average Bonchev–Trinajstić information content (AvgIpc) is 2.81. The Morgan fingerprint density at radius 3 is 3.00 bits per heavy atom. The molecule has 1 saturated heterocycles. The van der Waals surface area contributed by atoms with Gasteiger partial charge in [-0.25, -0.2) is 4.39 Å². The number of benzene rings is 1. The number of methoxy groups -OCH3 is 1. The summed E-state index contributed by atoms with van der Waals surface area (Å²) < 4.78 is 18.5. The molecule has 0 aliphatic carbocycles. The second-order valence-electron chi connectivity index (χ2n) is 4.01. The van der Waals surface area contributed by atoms with Crippen LogP contribution in [0.3, 0.4) is 0 Å². The molecule has 0 aromatic heterocycles. The predicted octanol–water partition coefficient (Wildman–Crippen LogP) is 0.926. The molecule has 92 valence electrons. The highest BCUT2D eigenvalue weighted by Gasteiger charge is 2.19. The maximum Gasteiger partial charge on any atom is 0.254 e. The van der Waals surface area contributed by atoms with Crippen LogP contribution in [0.15, 0.2) is 18.2 Å². The van der Waals surface area contributed by atoms with Gasteiger partial charge in [0.2, 0.25) is 0 Å². The van der Waals surface area contributed by atoms with E-state index in [1.54, 1.807) is 6.07 Å². The Hall–Kier alpha value is -1.62. The van der Waals surface area contributed by atoms with Crippen LogP contribution in [0.25, 0.3) is 0 Å². The number of hydrogen-bond acceptors (Lipinski definition) is 3. The molecule has 17 heavy (non-hydrogen) atoms. The molecule has 1 aliphatic heterocycles. The molecule has 1 aromatic rings. The van der Waals surface area contributed by atoms with Crippen LogP contribution in [0.2, 0.25) is 0 Å². The number of halogens is 1. The van der Waals surface area contributed by atoms with Gasteiger partial charge >= 0.3 is 0 Å². The van der Waals surface area contributed by atoms with Crippen molar-refractivity contribution in [2.45, 2.75) is 12.5 Å². The van der Waals surface area contributed by atoms with Crippen molar-refractivity contribution in [3.63, 3.8) is 0 Å². The first kappa shape index (κ1) is 11.9. The van der Waals surface area contributed by atoms with Crippen LogP contribution in [0.5, 0.6) is 5.75 Å². The van der Waals surface area contributed by atoms with E-state index in [2.05, 4.69) is 10.6 Å². The molecule has 0 unspecified atom stereocenters. The Bertz CT molecular complexity index is 417. The molecule has 2 N–H and O–H groups in total. The van der Waals surface area contributed by atoms with Crippen molar-refractivity contribution in [3.8, 4) is 5.75 Å². The second-order valence-corrected chi connectivity index (χ2v) is 4.01. The topological polar surface area (TPSA) is 50.4 Å². The van der Waals surface area contributed by atoms with Gasteiger partial charge in [-0.05, 0) is 25.1 Å². The molecular weight excluding hydrogens is 223 g/mol. The summed E-state index contributed by atoms with van der Waals surface area (Å²) in [6.07, 6.45) is 0.878. The first-order valence-corrected chi connectivity index (χ1v) is 5.56. The lowest BCUT2D eigenvalue weighted by Crippen LogP contribution is -2.36. The molecule has 5 heteroatoms. The number of carbonyl (C=O) groups excluding carboxylic acids is 1. The van der Waals surface area contributed by atoms with Gasteiger partial charge < -0.3 is 15.4 Å². The van der Waals surface area contributed by atoms with Crippen molar-refractivity contribution >= 4 is 5.91 Å². The monoisotopic (exact) mass is 238 g/mol. The fourth-order valence-corrected chi connectivity index (χ4v) is 1.85. The minimum atomic E-state index is -0.562. The molecule has 0 saturated carbocycles. The number of ether oxygens (including phenoxy) is 1. The Morgan fingerprint density at radius 1 is 1.59 bits per heavy atom. The van der Waals surface area contributed by atoms with E-state index in [0.29, 0.717) is 5.75 Å². The van der Waals surface area contributed by atoms with Gasteiger partial charge in [-0.3, -0.25) is 4.79 Å². The highest BCUT2D eigenvalue weighted by molar-refractivity contribution is 5.94. The van der Waals surface area contributed by atoms with Gasteiger partial charge in [0.1, 0.15) is 11.6 Å². The molecule has 0 spiro atoms. The van der Waals surface area contributed by atoms with E-state index >= 15 is 0 Å². The lowest BCUT2D eigenvalue weighted by molar-refractivity contribution is 0.0936.